The number of amides is 1. The molecule has 1 unspecified atom stereocenters. The zero-order valence-electron chi connectivity index (χ0n) is 24.2. The van der Waals surface area contributed by atoms with Crippen molar-refractivity contribution in [2.45, 2.75) is 79.2 Å². The second-order valence-corrected chi connectivity index (χ2v) is 12.9. The Kier molecular flexibility index (Phi) is 9.10. The number of carboxylic acid groups (broad SMARTS) is 1. The van der Waals surface area contributed by atoms with E-state index in [2.05, 4.69) is 15.1 Å². The van der Waals surface area contributed by atoms with Crippen LogP contribution in [0.5, 0.6) is 11.6 Å². The third-order valence-corrected chi connectivity index (χ3v) is 8.07. The van der Waals surface area contributed by atoms with Gasteiger partial charge in [-0.1, -0.05) is 39.8 Å². The molecule has 216 valence electrons. The lowest BCUT2D eigenvalue weighted by Crippen LogP contribution is -2.32. The Morgan fingerprint density at radius 3 is 2.38 bits per heavy atom. The summed E-state index contributed by atoms with van der Waals surface area (Å²) in [7, 11) is -4.10. The first kappa shape index (κ1) is 30.8. The fraction of sp³-hybridized carbons (Fsp3) is 0.414. The highest BCUT2D eigenvalue weighted by Crippen LogP contribution is 2.36. The molecule has 1 atom stereocenters. The molecule has 2 aromatic carbocycles. The average molecular weight is 571 g/mol. The first-order valence-corrected chi connectivity index (χ1v) is 14.6. The van der Waals surface area contributed by atoms with Gasteiger partial charge in [0.15, 0.2) is 5.69 Å². The Labute approximate surface area is 235 Å². The quantitative estimate of drug-likeness (QED) is 0.282. The number of aromatic carboxylic acids is 1. The smallest absolute Gasteiger partial charge is 0.356 e. The summed E-state index contributed by atoms with van der Waals surface area (Å²) in [5, 5.41) is 16.8. The molecule has 0 aliphatic heterocycles. The van der Waals surface area contributed by atoms with E-state index >= 15 is 0 Å². The van der Waals surface area contributed by atoms with Crippen LogP contribution in [-0.2, 0) is 14.8 Å². The number of hydrogen-bond acceptors (Lipinski definition) is 6. The SMILES string of the molecule is CCC(C)NS(=O)(=O)c1cc(NC(=O)CC(C)(C)C)ccc1Oc1c(C)c(C(=O)O)nn1-c1cccc(C)c1C. The van der Waals surface area contributed by atoms with Crippen LogP contribution >= 0.6 is 0 Å². The maximum absolute atomic E-state index is 13.5. The normalized spacial score (nSPS) is 12.7. The molecule has 0 aliphatic carbocycles. The van der Waals surface area contributed by atoms with E-state index in [1.165, 1.54) is 16.8 Å². The Morgan fingerprint density at radius 1 is 1.10 bits per heavy atom. The number of carbonyl (C=O) groups is 2. The molecule has 10 nitrogen and oxygen atoms in total. The number of nitrogens with zero attached hydrogens (tertiary/aromatic N) is 2. The molecule has 1 amide bonds. The van der Waals surface area contributed by atoms with Crippen molar-refractivity contribution in [3.63, 3.8) is 0 Å². The Balaban J connectivity index is 2.18. The number of carbonyl (C=O) groups excluding carboxylic acids is 1. The first-order chi connectivity index (χ1) is 18.5. The summed E-state index contributed by atoms with van der Waals surface area (Å²) < 4.78 is 37.2. The van der Waals surface area contributed by atoms with E-state index in [0.29, 0.717) is 12.1 Å². The number of aromatic nitrogens is 2. The van der Waals surface area contributed by atoms with Gasteiger partial charge in [0.1, 0.15) is 10.6 Å². The monoisotopic (exact) mass is 570 g/mol. The highest BCUT2D eigenvalue weighted by molar-refractivity contribution is 7.89. The van der Waals surface area contributed by atoms with Crippen LogP contribution in [0.2, 0.25) is 0 Å². The summed E-state index contributed by atoms with van der Waals surface area (Å²) in [6, 6.07) is 9.49. The third-order valence-electron chi connectivity index (χ3n) is 6.46. The van der Waals surface area contributed by atoms with E-state index in [0.717, 1.165) is 11.1 Å². The summed E-state index contributed by atoms with van der Waals surface area (Å²) >= 11 is 0. The predicted molar refractivity (Wildman–Crippen MR) is 154 cm³/mol. The van der Waals surface area contributed by atoms with Gasteiger partial charge in [-0.25, -0.2) is 17.9 Å². The van der Waals surface area contributed by atoms with Gasteiger partial charge in [-0.15, -0.1) is 0 Å². The van der Waals surface area contributed by atoms with Gasteiger partial charge >= 0.3 is 5.97 Å². The number of carboxylic acids is 1. The van der Waals surface area contributed by atoms with Gasteiger partial charge in [-0.3, -0.25) is 4.79 Å². The second-order valence-electron chi connectivity index (χ2n) is 11.2. The van der Waals surface area contributed by atoms with Crippen molar-refractivity contribution in [2.24, 2.45) is 5.41 Å². The van der Waals surface area contributed by atoms with E-state index in [1.54, 1.807) is 26.0 Å². The van der Waals surface area contributed by atoms with Crippen molar-refractivity contribution in [3.8, 4) is 17.3 Å². The number of ether oxygens (including phenoxy) is 1. The lowest BCUT2D eigenvalue weighted by atomic mass is 9.92. The molecule has 0 radical (unpaired) electrons. The van der Waals surface area contributed by atoms with Gasteiger partial charge in [-0.2, -0.15) is 9.78 Å². The van der Waals surface area contributed by atoms with Gasteiger partial charge in [0.2, 0.25) is 21.8 Å². The minimum absolute atomic E-state index is 0.0453. The minimum Gasteiger partial charge on any atom is -0.476 e. The molecular formula is C29H38N4O6S. The average Bonchev–Trinajstić information content (AvgIpc) is 3.16. The lowest BCUT2D eigenvalue weighted by molar-refractivity contribution is -0.117. The highest BCUT2D eigenvalue weighted by atomic mass is 32.2. The van der Waals surface area contributed by atoms with Gasteiger partial charge in [0, 0.05) is 23.7 Å². The first-order valence-electron chi connectivity index (χ1n) is 13.1. The zero-order valence-corrected chi connectivity index (χ0v) is 25.1. The van der Waals surface area contributed by atoms with E-state index in [-0.39, 0.29) is 57.3 Å². The number of rotatable bonds is 10. The van der Waals surface area contributed by atoms with E-state index in [1.807, 2.05) is 53.7 Å². The van der Waals surface area contributed by atoms with Crippen molar-refractivity contribution < 1.29 is 27.9 Å². The van der Waals surface area contributed by atoms with Gasteiger partial charge in [-0.05, 0) is 74.9 Å². The molecule has 3 N–H and O–H groups in total. The topological polar surface area (TPSA) is 140 Å². The number of anilines is 1. The zero-order chi connectivity index (χ0) is 30.0. The van der Waals surface area contributed by atoms with Gasteiger partial charge < -0.3 is 15.2 Å². The van der Waals surface area contributed by atoms with Crippen molar-refractivity contribution >= 4 is 27.6 Å². The van der Waals surface area contributed by atoms with Crippen LogP contribution in [0.4, 0.5) is 5.69 Å². The maximum atomic E-state index is 13.5. The standard InChI is InChI=1S/C29H38N4O6S/c1-9-18(3)32-40(37,38)24-15-21(30-25(34)16-29(6,7)8)13-14-23(24)39-27-20(5)26(28(35)36)31-33(27)22-12-10-11-17(2)19(22)4/h10-15,18,32H,9,16H2,1-8H3,(H,30,34)(H,35,36). The Hall–Kier alpha value is -3.70. The number of benzene rings is 2. The maximum Gasteiger partial charge on any atom is 0.356 e. The molecule has 40 heavy (non-hydrogen) atoms. The molecule has 3 rings (SSSR count). The van der Waals surface area contributed by atoms with Crippen LogP contribution in [0.25, 0.3) is 5.69 Å². The molecule has 11 heteroatoms. The Bertz CT molecular complexity index is 1540. The highest BCUT2D eigenvalue weighted by Gasteiger charge is 2.28. The van der Waals surface area contributed by atoms with Gasteiger partial charge in [0.05, 0.1) is 5.69 Å². The van der Waals surface area contributed by atoms with E-state index < -0.39 is 16.0 Å². The third kappa shape index (κ3) is 7.08. The lowest BCUT2D eigenvalue weighted by Gasteiger charge is -2.19. The summed E-state index contributed by atoms with van der Waals surface area (Å²) in [5.41, 5.74) is 2.46. The molecular weight excluding hydrogens is 532 g/mol. The molecule has 1 heterocycles. The van der Waals surface area contributed by atoms with Crippen LogP contribution < -0.4 is 14.8 Å². The van der Waals surface area contributed by atoms with Crippen molar-refractivity contribution in [1.29, 1.82) is 0 Å². The molecule has 0 fully saturated rings. The minimum atomic E-state index is -4.10. The van der Waals surface area contributed by atoms with E-state index in [4.69, 9.17) is 4.74 Å². The van der Waals surface area contributed by atoms with Crippen molar-refractivity contribution in [3.05, 3.63) is 58.8 Å². The summed E-state index contributed by atoms with van der Waals surface area (Å²) in [5.74, 6) is -1.48. The van der Waals surface area contributed by atoms with Crippen molar-refractivity contribution in [1.82, 2.24) is 14.5 Å². The summed E-state index contributed by atoms with van der Waals surface area (Å²) in [6.07, 6.45) is 0.794. The van der Waals surface area contributed by atoms with Crippen LogP contribution in [0.3, 0.4) is 0 Å². The largest absolute Gasteiger partial charge is 0.476 e. The van der Waals surface area contributed by atoms with E-state index in [9.17, 15) is 23.1 Å². The fourth-order valence-electron chi connectivity index (χ4n) is 4.01. The molecule has 0 saturated carbocycles. The number of nitrogens with one attached hydrogen (secondary N) is 2. The van der Waals surface area contributed by atoms with Crippen molar-refractivity contribution in [2.75, 3.05) is 5.32 Å². The second kappa shape index (κ2) is 11.8. The molecule has 0 aliphatic rings. The molecule has 0 saturated heterocycles. The molecule has 0 spiro atoms. The van der Waals surface area contributed by atoms with Crippen LogP contribution in [-0.4, -0.2) is 41.2 Å². The number of hydrogen-bond donors (Lipinski definition) is 3. The van der Waals surface area contributed by atoms with Crippen LogP contribution in [0.1, 0.15) is 74.6 Å². The summed E-state index contributed by atoms with van der Waals surface area (Å²) in [6.45, 7) is 14.8. The fourth-order valence-corrected chi connectivity index (χ4v) is 5.49. The van der Waals surface area contributed by atoms with Crippen LogP contribution in [0.15, 0.2) is 41.3 Å². The molecule has 1 aromatic heterocycles. The molecule has 3 aromatic rings. The van der Waals surface area contributed by atoms with Gasteiger partial charge in [0.25, 0.3) is 0 Å². The number of sulfonamides is 1. The predicted octanol–water partition coefficient (Wildman–Crippen LogP) is 5.74. The molecule has 0 bridgehead atoms. The number of aryl methyl sites for hydroxylation is 1. The Morgan fingerprint density at radius 2 is 1.77 bits per heavy atom. The summed E-state index contributed by atoms with van der Waals surface area (Å²) in [4.78, 5) is 24.4. The van der Waals surface area contributed by atoms with Crippen LogP contribution in [0, 0.1) is 26.2 Å².